The van der Waals surface area contributed by atoms with Gasteiger partial charge in [0.05, 0.1) is 6.04 Å². The Kier molecular flexibility index (Phi) is 4.49. The fourth-order valence-corrected chi connectivity index (χ4v) is 2.94. The lowest BCUT2D eigenvalue weighted by atomic mass is 10.1. The van der Waals surface area contributed by atoms with Gasteiger partial charge in [-0.1, -0.05) is 30.3 Å². The van der Waals surface area contributed by atoms with Crippen LogP contribution in [-0.4, -0.2) is 28.4 Å². The van der Waals surface area contributed by atoms with Crippen LogP contribution in [0.15, 0.2) is 48.7 Å². The molecule has 1 aromatic heterocycles. The summed E-state index contributed by atoms with van der Waals surface area (Å²) >= 11 is 0. The maximum Gasteiger partial charge on any atom is 0.242 e. The second kappa shape index (κ2) is 6.71. The van der Waals surface area contributed by atoms with Crippen molar-refractivity contribution in [2.24, 2.45) is 0 Å². The summed E-state index contributed by atoms with van der Waals surface area (Å²) in [4.78, 5) is 19.0. The number of aryl methyl sites for hydroxylation is 1. The second-order valence-electron chi connectivity index (χ2n) is 5.82. The van der Waals surface area contributed by atoms with Crippen LogP contribution in [0.1, 0.15) is 24.0 Å². The lowest BCUT2D eigenvalue weighted by molar-refractivity contribution is -0.120. The van der Waals surface area contributed by atoms with E-state index < -0.39 is 0 Å². The van der Waals surface area contributed by atoms with Gasteiger partial charge in [-0.3, -0.25) is 9.69 Å². The number of rotatable bonds is 4. The number of hydrogen-bond acceptors (Lipinski definition) is 3. The number of likely N-dealkylation sites (tertiary alicyclic amines) is 1. The highest BCUT2D eigenvalue weighted by Crippen LogP contribution is 2.21. The molecular formula is C18H21N3O. The lowest BCUT2D eigenvalue weighted by Gasteiger charge is -2.23. The smallest absolute Gasteiger partial charge is 0.242 e. The van der Waals surface area contributed by atoms with E-state index in [-0.39, 0.29) is 11.9 Å². The van der Waals surface area contributed by atoms with E-state index in [9.17, 15) is 4.79 Å². The summed E-state index contributed by atoms with van der Waals surface area (Å²) < 4.78 is 0. The molecule has 1 fully saturated rings. The van der Waals surface area contributed by atoms with Crippen molar-refractivity contribution < 1.29 is 4.79 Å². The number of benzene rings is 1. The minimum Gasteiger partial charge on any atom is -0.309 e. The maximum atomic E-state index is 12.5. The number of hydrogen-bond donors (Lipinski definition) is 1. The molecule has 4 nitrogen and oxygen atoms in total. The van der Waals surface area contributed by atoms with Crippen LogP contribution in [0, 0.1) is 6.92 Å². The molecule has 1 atom stereocenters. The topological polar surface area (TPSA) is 45.2 Å². The van der Waals surface area contributed by atoms with Gasteiger partial charge in [0.25, 0.3) is 0 Å². The molecule has 114 valence electrons. The molecule has 3 rings (SSSR count). The molecule has 1 aliphatic rings. The minimum atomic E-state index is -0.0671. The predicted molar refractivity (Wildman–Crippen MR) is 87.5 cm³/mol. The Morgan fingerprint density at radius 3 is 2.91 bits per heavy atom. The average Bonchev–Trinajstić information content (AvgIpc) is 2.96. The van der Waals surface area contributed by atoms with Crippen LogP contribution in [0.25, 0.3) is 0 Å². The third-order valence-electron chi connectivity index (χ3n) is 4.06. The number of anilines is 1. The normalized spacial score (nSPS) is 18.3. The van der Waals surface area contributed by atoms with E-state index in [0.29, 0.717) is 5.82 Å². The zero-order valence-electron chi connectivity index (χ0n) is 12.8. The van der Waals surface area contributed by atoms with E-state index in [1.165, 1.54) is 5.56 Å². The summed E-state index contributed by atoms with van der Waals surface area (Å²) in [6.07, 6.45) is 3.69. The molecule has 1 aromatic carbocycles. The van der Waals surface area contributed by atoms with Crippen molar-refractivity contribution in [3.8, 4) is 0 Å². The summed E-state index contributed by atoms with van der Waals surface area (Å²) in [6, 6.07) is 14.1. The number of nitrogens with one attached hydrogen (secondary N) is 1. The Morgan fingerprint density at radius 1 is 1.32 bits per heavy atom. The van der Waals surface area contributed by atoms with E-state index in [4.69, 9.17) is 0 Å². The van der Waals surface area contributed by atoms with Crippen molar-refractivity contribution in [3.63, 3.8) is 0 Å². The van der Waals surface area contributed by atoms with Crippen molar-refractivity contribution in [2.75, 3.05) is 11.9 Å². The quantitative estimate of drug-likeness (QED) is 0.943. The molecule has 1 saturated heterocycles. The van der Waals surface area contributed by atoms with E-state index >= 15 is 0 Å². The predicted octanol–water partition coefficient (Wildman–Crippen LogP) is 2.99. The molecule has 22 heavy (non-hydrogen) atoms. The van der Waals surface area contributed by atoms with Gasteiger partial charge in [0.2, 0.25) is 5.91 Å². The largest absolute Gasteiger partial charge is 0.309 e. The third-order valence-corrected chi connectivity index (χ3v) is 4.06. The molecule has 1 aliphatic heterocycles. The summed E-state index contributed by atoms with van der Waals surface area (Å²) in [5.74, 6) is 0.683. The summed E-state index contributed by atoms with van der Waals surface area (Å²) in [5.41, 5.74) is 2.34. The highest BCUT2D eigenvalue weighted by Gasteiger charge is 2.30. The number of pyridine rings is 1. The Balaban J connectivity index is 1.66. The highest BCUT2D eigenvalue weighted by atomic mass is 16.2. The Hall–Kier alpha value is -2.20. The van der Waals surface area contributed by atoms with E-state index in [0.717, 1.165) is 31.5 Å². The number of aromatic nitrogens is 1. The molecule has 2 heterocycles. The van der Waals surface area contributed by atoms with Crippen LogP contribution < -0.4 is 5.32 Å². The molecule has 0 aliphatic carbocycles. The molecule has 0 spiro atoms. The number of carbonyl (C=O) groups is 1. The summed E-state index contributed by atoms with van der Waals surface area (Å²) in [7, 11) is 0. The number of amides is 1. The average molecular weight is 295 g/mol. The van der Waals surface area contributed by atoms with Gasteiger partial charge in [-0.15, -0.1) is 0 Å². The summed E-state index contributed by atoms with van der Waals surface area (Å²) in [5, 5.41) is 2.95. The first-order valence-corrected chi connectivity index (χ1v) is 7.74. The molecule has 0 bridgehead atoms. The molecule has 4 heteroatoms. The molecule has 1 N–H and O–H groups in total. The van der Waals surface area contributed by atoms with Crippen LogP contribution in [0.2, 0.25) is 0 Å². The molecule has 1 amide bonds. The fraction of sp³-hybridized carbons (Fsp3) is 0.333. The first-order chi connectivity index (χ1) is 10.7. The van der Waals surface area contributed by atoms with Gasteiger partial charge in [-0.25, -0.2) is 4.98 Å². The Bertz CT molecular complexity index is 642. The van der Waals surface area contributed by atoms with Crippen molar-refractivity contribution >= 4 is 11.7 Å². The number of carbonyl (C=O) groups excluding carboxylic acids is 1. The zero-order valence-corrected chi connectivity index (χ0v) is 12.8. The van der Waals surface area contributed by atoms with E-state index in [1.807, 2.05) is 37.3 Å². The van der Waals surface area contributed by atoms with E-state index in [1.54, 1.807) is 6.20 Å². The van der Waals surface area contributed by atoms with Gasteiger partial charge in [0.1, 0.15) is 5.82 Å². The highest BCUT2D eigenvalue weighted by molar-refractivity contribution is 5.94. The lowest BCUT2D eigenvalue weighted by Crippen LogP contribution is -2.39. The van der Waals surface area contributed by atoms with Gasteiger partial charge in [-0.05, 0) is 49.6 Å². The first kappa shape index (κ1) is 14.7. The van der Waals surface area contributed by atoms with Crippen molar-refractivity contribution in [1.29, 1.82) is 0 Å². The molecule has 2 aromatic rings. The third kappa shape index (κ3) is 3.52. The van der Waals surface area contributed by atoms with Crippen LogP contribution in [0.3, 0.4) is 0 Å². The molecule has 0 saturated carbocycles. The molecular weight excluding hydrogens is 274 g/mol. The second-order valence-corrected chi connectivity index (χ2v) is 5.82. The summed E-state index contributed by atoms with van der Waals surface area (Å²) in [6.45, 7) is 3.78. The SMILES string of the molecule is Cc1ccnc(NC(=O)[C@@H]2CCCN2Cc2ccccc2)c1. The van der Waals surface area contributed by atoms with Gasteiger partial charge in [-0.2, -0.15) is 0 Å². The maximum absolute atomic E-state index is 12.5. The standard InChI is InChI=1S/C18H21N3O/c1-14-9-10-19-17(12-14)20-18(22)16-8-5-11-21(16)13-15-6-3-2-4-7-15/h2-4,6-7,9-10,12,16H,5,8,11,13H2,1H3,(H,19,20,22)/t16-/m0/s1. The van der Waals surface area contributed by atoms with Crippen molar-refractivity contribution in [1.82, 2.24) is 9.88 Å². The van der Waals surface area contributed by atoms with Gasteiger partial charge in [0.15, 0.2) is 0 Å². The molecule has 0 unspecified atom stereocenters. The van der Waals surface area contributed by atoms with Crippen LogP contribution in [0.4, 0.5) is 5.82 Å². The number of nitrogens with zero attached hydrogens (tertiary/aromatic N) is 2. The van der Waals surface area contributed by atoms with Gasteiger partial charge >= 0.3 is 0 Å². The first-order valence-electron chi connectivity index (χ1n) is 7.74. The Morgan fingerprint density at radius 2 is 2.14 bits per heavy atom. The molecule has 0 radical (unpaired) electrons. The van der Waals surface area contributed by atoms with Crippen molar-refractivity contribution in [2.45, 2.75) is 32.4 Å². The van der Waals surface area contributed by atoms with Crippen molar-refractivity contribution in [3.05, 3.63) is 59.8 Å². The van der Waals surface area contributed by atoms with E-state index in [2.05, 4.69) is 27.3 Å². The zero-order chi connectivity index (χ0) is 15.4. The van der Waals surface area contributed by atoms with Gasteiger partial charge in [0, 0.05) is 12.7 Å². The van der Waals surface area contributed by atoms with Crippen LogP contribution >= 0.6 is 0 Å². The fourth-order valence-electron chi connectivity index (χ4n) is 2.94. The Labute approximate surface area is 131 Å². The monoisotopic (exact) mass is 295 g/mol. The van der Waals surface area contributed by atoms with Crippen LogP contribution in [-0.2, 0) is 11.3 Å². The van der Waals surface area contributed by atoms with Gasteiger partial charge < -0.3 is 5.32 Å². The van der Waals surface area contributed by atoms with Crippen LogP contribution in [0.5, 0.6) is 0 Å². The minimum absolute atomic E-state index is 0.0477.